The van der Waals surface area contributed by atoms with Gasteiger partial charge in [-0.1, -0.05) is 23.7 Å². The first-order chi connectivity index (χ1) is 12.0. The molecule has 0 spiro atoms. The van der Waals surface area contributed by atoms with Crippen LogP contribution in [-0.2, 0) is 4.79 Å². The normalized spacial score (nSPS) is 13.2. The van der Waals surface area contributed by atoms with Crippen LogP contribution in [0.4, 0.5) is 0 Å². The second kappa shape index (κ2) is 7.44. The molecule has 0 aromatic heterocycles. The zero-order chi connectivity index (χ0) is 17.8. The lowest BCUT2D eigenvalue weighted by atomic mass is 10.1. The maximum Gasteiger partial charge on any atom is 0.251 e. The molecule has 6 nitrogen and oxygen atoms in total. The molecule has 2 aromatic carbocycles. The summed E-state index contributed by atoms with van der Waals surface area (Å²) in [6.45, 7) is 1.93. The fourth-order valence-corrected chi connectivity index (χ4v) is 2.64. The summed E-state index contributed by atoms with van der Waals surface area (Å²) in [5, 5.41) is 5.87. The van der Waals surface area contributed by atoms with Crippen molar-refractivity contribution in [3.8, 4) is 11.5 Å². The molecule has 2 N–H and O–H groups in total. The Kier molecular flexibility index (Phi) is 5.09. The third-order valence-electron chi connectivity index (χ3n) is 3.77. The summed E-state index contributed by atoms with van der Waals surface area (Å²) in [5.41, 5.74) is 1.29. The summed E-state index contributed by atoms with van der Waals surface area (Å²) in [6.07, 6.45) is 0. The SMILES string of the molecule is C[C@@H](NC(=O)CNC(=O)c1cccc(Cl)c1)c1ccc2c(c1)OCO2. The largest absolute Gasteiger partial charge is 0.454 e. The average molecular weight is 361 g/mol. The first-order valence-electron chi connectivity index (χ1n) is 7.75. The van der Waals surface area contributed by atoms with Crippen molar-refractivity contribution in [2.75, 3.05) is 13.3 Å². The highest BCUT2D eigenvalue weighted by Gasteiger charge is 2.17. The highest BCUT2D eigenvalue weighted by atomic mass is 35.5. The van der Waals surface area contributed by atoms with Gasteiger partial charge in [0.2, 0.25) is 12.7 Å². The summed E-state index contributed by atoms with van der Waals surface area (Å²) < 4.78 is 10.6. The zero-order valence-corrected chi connectivity index (χ0v) is 14.3. The van der Waals surface area contributed by atoms with Gasteiger partial charge in [0.15, 0.2) is 11.5 Å². The number of hydrogen-bond donors (Lipinski definition) is 2. The molecule has 0 unspecified atom stereocenters. The molecule has 0 radical (unpaired) electrons. The topological polar surface area (TPSA) is 76.7 Å². The van der Waals surface area contributed by atoms with E-state index < -0.39 is 0 Å². The van der Waals surface area contributed by atoms with E-state index in [-0.39, 0.29) is 31.2 Å². The third-order valence-corrected chi connectivity index (χ3v) is 4.01. The maximum atomic E-state index is 12.1. The Bertz CT molecular complexity index is 809. The molecule has 0 aliphatic carbocycles. The summed E-state index contributed by atoms with van der Waals surface area (Å²) in [4.78, 5) is 24.1. The van der Waals surface area contributed by atoms with Gasteiger partial charge in [0.05, 0.1) is 12.6 Å². The fraction of sp³-hybridized carbons (Fsp3) is 0.222. The number of hydrogen-bond acceptors (Lipinski definition) is 4. The highest BCUT2D eigenvalue weighted by Crippen LogP contribution is 2.34. The van der Waals surface area contributed by atoms with Gasteiger partial charge in [-0.05, 0) is 42.8 Å². The molecule has 0 bridgehead atoms. The number of carbonyl (C=O) groups is 2. The van der Waals surface area contributed by atoms with E-state index in [0.29, 0.717) is 22.1 Å². The van der Waals surface area contributed by atoms with E-state index in [2.05, 4.69) is 10.6 Å². The van der Waals surface area contributed by atoms with Crippen LogP contribution in [0.5, 0.6) is 11.5 Å². The third kappa shape index (κ3) is 4.22. The van der Waals surface area contributed by atoms with E-state index in [4.69, 9.17) is 21.1 Å². The van der Waals surface area contributed by atoms with Crippen molar-refractivity contribution >= 4 is 23.4 Å². The number of amides is 2. The predicted octanol–water partition coefficient (Wildman–Crippen LogP) is 2.68. The summed E-state index contributed by atoms with van der Waals surface area (Å²) in [7, 11) is 0. The van der Waals surface area contributed by atoms with Gasteiger partial charge >= 0.3 is 0 Å². The number of benzene rings is 2. The van der Waals surface area contributed by atoms with Gasteiger partial charge in [-0.2, -0.15) is 0 Å². The van der Waals surface area contributed by atoms with E-state index >= 15 is 0 Å². The lowest BCUT2D eigenvalue weighted by Crippen LogP contribution is -2.38. The quantitative estimate of drug-likeness (QED) is 0.859. The molecule has 130 valence electrons. The van der Waals surface area contributed by atoms with E-state index in [1.165, 1.54) is 0 Å². The van der Waals surface area contributed by atoms with E-state index in [9.17, 15) is 9.59 Å². The smallest absolute Gasteiger partial charge is 0.251 e. The molecule has 1 aliphatic rings. The van der Waals surface area contributed by atoms with Gasteiger partial charge in [-0.15, -0.1) is 0 Å². The molecule has 2 amide bonds. The molecule has 1 atom stereocenters. The molecule has 7 heteroatoms. The number of ether oxygens (including phenoxy) is 2. The molecule has 0 saturated carbocycles. The Hall–Kier alpha value is -2.73. The lowest BCUT2D eigenvalue weighted by Gasteiger charge is -2.15. The zero-order valence-electron chi connectivity index (χ0n) is 13.5. The van der Waals surface area contributed by atoms with Crippen molar-refractivity contribution in [1.82, 2.24) is 10.6 Å². The van der Waals surface area contributed by atoms with Crippen LogP contribution in [0.25, 0.3) is 0 Å². The van der Waals surface area contributed by atoms with Crippen molar-refractivity contribution in [3.63, 3.8) is 0 Å². The Morgan fingerprint density at radius 2 is 1.96 bits per heavy atom. The van der Waals surface area contributed by atoms with Crippen molar-refractivity contribution < 1.29 is 19.1 Å². The minimum Gasteiger partial charge on any atom is -0.454 e. The Morgan fingerprint density at radius 3 is 2.76 bits per heavy atom. The fourth-order valence-electron chi connectivity index (χ4n) is 2.45. The number of fused-ring (bicyclic) bond motifs is 1. The summed E-state index contributed by atoms with van der Waals surface area (Å²) in [5.74, 6) is 0.706. The van der Waals surface area contributed by atoms with Gasteiger partial charge in [0.25, 0.3) is 5.91 Å². The van der Waals surface area contributed by atoms with E-state index in [1.807, 2.05) is 19.1 Å². The second-order valence-corrected chi connectivity index (χ2v) is 6.03. The van der Waals surface area contributed by atoms with Crippen molar-refractivity contribution in [2.45, 2.75) is 13.0 Å². The molecule has 2 aromatic rings. The minimum absolute atomic E-state index is 0.125. The van der Waals surface area contributed by atoms with E-state index in [1.54, 1.807) is 30.3 Å². The maximum absolute atomic E-state index is 12.1. The van der Waals surface area contributed by atoms with Gasteiger partial charge < -0.3 is 20.1 Å². The molecule has 1 heterocycles. The predicted molar refractivity (Wildman–Crippen MR) is 92.9 cm³/mol. The number of carbonyl (C=O) groups excluding carboxylic acids is 2. The number of rotatable bonds is 5. The lowest BCUT2D eigenvalue weighted by molar-refractivity contribution is -0.120. The number of halogens is 1. The van der Waals surface area contributed by atoms with Crippen LogP contribution in [0.3, 0.4) is 0 Å². The highest BCUT2D eigenvalue weighted by molar-refractivity contribution is 6.30. The Morgan fingerprint density at radius 1 is 1.16 bits per heavy atom. The van der Waals surface area contributed by atoms with Gasteiger partial charge in [-0.25, -0.2) is 0 Å². The molecule has 0 fully saturated rings. The number of nitrogens with one attached hydrogen (secondary N) is 2. The van der Waals surface area contributed by atoms with Gasteiger partial charge in [0.1, 0.15) is 0 Å². The average Bonchev–Trinajstić information content (AvgIpc) is 3.07. The van der Waals surface area contributed by atoms with Crippen LogP contribution in [0.2, 0.25) is 5.02 Å². The van der Waals surface area contributed by atoms with Crippen LogP contribution in [-0.4, -0.2) is 25.2 Å². The summed E-state index contributed by atoms with van der Waals surface area (Å²) in [6, 6.07) is 11.8. The van der Waals surface area contributed by atoms with Gasteiger partial charge in [-0.3, -0.25) is 9.59 Å². The summed E-state index contributed by atoms with van der Waals surface area (Å²) >= 11 is 5.85. The molecule has 0 saturated heterocycles. The Labute approximate surface area is 150 Å². The van der Waals surface area contributed by atoms with Crippen LogP contribution in [0, 0.1) is 0 Å². The monoisotopic (exact) mass is 360 g/mol. The van der Waals surface area contributed by atoms with Crippen LogP contribution < -0.4 is 20.1 Å². The van der Waals surface area contributed by atoms with Crippen molar-refractivity contribution in [1.29, 1.82) is 0 Å². The van der Waals surface area contributed by atoms with Crippen LogP contribution in [0.1, 0.15) is 28.9 Å². The van der Waals surface area contributed by atoms with Crippen molar-refractivity contribution in [2.24, 2.45) is 0 Å². The molecule has 3 rings (SSSR count). The first kappa shape index (κ1) is 17.1. The molecular weight excluding hydrogens is 344 g/mol. The van der Waals surface area contributed by atoms with Crippen molar-refractivity contribution in [3.05, 3.63) is 58.6 Å². The molecule has 1 aliphatic heterocycles. The standard InChI is InChI=1S/C18H17ClN2O4/c1-11(12-5-6-15-16(8-12)25-10-24-15)21-17(22)9-20-18(23)13-3-2-4-14(19)7-13/h2-8,11H,9-10H2,1H3,(H,20,23)(H,21,22)/t11-/m1/s1. The molecule has 25 heavy (non-hydrogen) atoms. The van der Waals surface area contributed by atoms with Crippen LogP contribution in [0.15, 0.2) is 42.5 Å². The van der Waals surface area contributed by atoms with Crippen LogP contribution >= 0.6 is 11.6 Å². The van der Waals surface area contributed by atoms with E-state index in [0.717, 1.165) is 5.56 Å². The first-order valence-corrected chi connectivity index (χ1v) is 8.13. The molecular formula is C18H17ClN2O4. The second-order valence-electron chi connectivity index (χ2n) is 5.59. The Balaban J connectivity index is 1.53. The minimum atomic E-state index is -0.353. The van der Waals surface area contributed by atoms with Gasteiger partial charge in [0, 0.05) is 10.6 Å².